The quantitative estimate of drug-likeness (QED) is 0.895. The molecule has 1 fully saturated rings. The number of aryl methyl sites for hydroxylation is 1. The Morgan fingerprint density at radius 2 is 2.15 bits per heavy atom. The number of likely N-dealkylation sites (tertiary alicyclic amines) is 1. The molecule has 2 amide bonds. The van der Waals surface area contributed by atoms with E-state index >= 15 is 0 Å². The van der Waals surface area contributed by atoms with Crippen LogP contribution in [0.2, 0.25) is 0 Å². The van der Waals surface area contributed by atoms with Gasteiger partial charge in [-0.25, -0.2) is 4.39 Å². The standard InChI is InChI=1S/C15H19FN2O2/c1-10-8-12(16)5-6-13(10)15(20)18-7-3-4-11(9-18)14(19)17-2/h5-6,8,11H,3-4,7,9H2,1-2H3,(H,17,19). The maximum absolute atomic E-state index is 13.1. The summed E-state index contributed by atoms with van der Waals surface area (Å²) in [5.41, 5.74) is 1.13. The van der Waals surface area contributed by atoms with Crippen molar-refractivity contribution in [1.82, 2.24) is 10.2 Å². The molecule has 1 aliphatic heterocycles. The highest BCUT2D eigenvalue weighted by Gasteiger charge is 2.28. The number of nitrogens with one attached hydrogen (secondary N) is 1. The molecule has 5 heteroatoms. The van der Waals surface area contributed by atoms with Crippen LogP contribution in [-0.4, -0.2) is 36.9 Å². The second kappa shape index (κ2) is 6.03. The third kappa shape index (κ3) is 2.98. The number of benzene rings is 1. The summed E-state index contributed by atoms with van der Waals surface area (Å²) in [6, 6.07) is 4.16. The van der Waals surface area contributed by atoms with Crippen molar-refractivity contribution in [3.63, 3.8) is 0 Å². The first-order valence-electron chi connectivity index (χ1n) is 6.80. The average molecular weight is 278 g/mol. The summed E-state index contributed by atoms with van der Waals surface area (Å²) < 4.78 is 13.1. The molecule has 2 rings (SSSR count). The summed E-state index contributed by atoms with van der Waals surface area (Å²) in [6.45, 7) is 2.79. The molecule has 0 aromatic heterocycles. The van der Waals surface area contributed by atoms with Gasteiger partial charge in [0.2, 0.25) is 5.91 Å². The molecule has 1 saturated heterocycles. The molecule has 0 aliphatic carbocycles. The summed E-state index contributed by atoms with van der Waals surface area (Å²) in [6.07, 6.45) is 1.61. The van der Waals surface area contributed by atoms with Gasteiger partial charge in [0, 0.05) is 25.7 Å². The zero-order valence-electron chi connectivity index (χ0n) is 11.8. The van der Waals surface area contributed by atoms with E-state index < -0.39 is 0 Å². The van der Waals surface area contributed by atoms with Crippen LogP contribution < -0.4 is 5.32 Å². The van der Waals surface area contributed by atoms with Gasteiger partial charge < -0.3 is 10.2 Å². The molecule has 1 N–H and O–H groups in total. The van der Waals surface area contributed by atoms with Crippen LogP contribution >= 0.6 is 0 Å². The van der Waals surface area contributed by atoms with Gasteiger partial charge in [-0.2, -0.15) is 0 Å². The predicted octanol–water partition coefficient (Wildman–Crippen LogP) is 1.73. The van der Waals surface area contributed by atoms with Crippen LogP contribution in [0.3, 0.4) is 0 Å². The fourth-order valence-electron chi connectivity index (χ4n) is 2.62. The lowest BCUT2D eigenvalue weighted by molar-refractivity contribution is -0.125. The van der Waals surface area contributed by atoms with E-state index in [4.69, 9.17) is 0 Å². The van der Waals surface area contributed by atoms with Gasteiger partial charge in [0.15, 0.2) is 0 Å². The number of carbonyl (C=O) groups excluding carboxylic acids is 2. The van der Waals surface area contributed by atoms with Crippen molar-refractivity contribution >= 4 is 11.8 Å². The Kier molecular flexibility index (Phi) is 4.37. The lowest BCUT2D eigenvalue weighted by Gasteiger charge is -2.32. The number of hydrogen-bond donors (Lipinski definition) is 1. The molecule has 0 saturated carbocycles. The van der Waals surface area contributed by atoms with E-state index in [1.54, 1.807) is 18.9 Å². The van der Waals surface area contributed by atoms with Crippen molar-refractivity contribution in [2.24, 2.45) is 5.92 Å². The summed E-state index contributed by atoms with van der Waals surface area (Å²) in [5, 5.41) is 2.63. The molecule has 1 heterocycles. The molecule has 108 valence electrons. The van der Waals surface area contributed by atoms with E-state index in [0.717, 1.165) is 12.8 Å². The zero-order valence-corrected chi connectivity index (χ0v) is 11.8. The Morgan fingerprint density at radius 3 is 2.80 bits per heavy atom. The van der Waals surface area contributed by atoms with Crippen LogP contribution in [0, 0.1) is 18.7 Å². The molecule has 1 atom stereocenters. The third-order valence-electron chi connectivity index (χ3n) is 3.74. The SMILES string of the molecule is CNC(=O)C1CCCN(C(=O)c2ccc(F)cc2C)C1. The van der Waals surface area contributed by atoms with Crippen LogP contribution in [0.5, 0.6) is 0 Å². The molecule has 0 spiro atoms. The van der Waals surface area contributed by atoms with Crippen LogP contribution in [0.25, 0.3) is 0 Å². The van der Waals surface area contributed by atoms with Gasteiger partial charge in [-0.3, -0.25) is 9.59 Å². The Bertz CT molecular complexity index is 531. The maximum atomic E-state index is 13.1. The molecule has 1 unspecified atom stereocenters. The van der Waals surface area contributed by atoms with Crippen molar-refractivity contribution in [2.75, 3.05) is 20.1 Å². The Hall–Kier alpha value is -1.91. The van der Waals surface area contributed by atoms with Crippen molar-refractivity contribution in [1.29, 1.82) is 0 Å². The summed E-state index contributed by atoms with van der Waals surface area (Å²) in [4.78, 5) is 25.8. The Balaban J connectivity index is 2.14. The number of amides is 2. The topological polar surface area (TPSA) is 49.4 Å². The highest BCUT2D eigenvalue weighted by atomic mass is 19.1. The smallest absolute Gasteiger partial charge is 0.254 e. The monoisotopic (exact) mass is 278 g/mol. The molecule has 1 aromatic rings. The van der Waals surface area contributed by atoms with Crippen LogP contribution in [-0.2, 0) is 4.79 Å². The average Bonchev–Trinajstić information content (AvgIpc) is 2.46. The van der Waals surface area contributed by atoms with Crippen LogP contribution in [0.4, 0.5) is 4.39 Å². The molecule has 0 radical (unpaired) electrons. The zero-order chi connectivity index (χ0) is 14.7. The number of nitrogens with zero attached hydrogens (tertiary/aromatic N) is 1. The summed E-state index contributed by atoms with van der Waals surface area (Å²) in [7, 11) is 1.60. The Labute approximate surface area is 118 Å². The summed E-state index contributed by atoms with van der Waals surface area (Å²) >= 11 is 0. The van der Waals surface area contributed by atoms with E-state index in [1.165, 1.54) is 18.2 Å². The lowest BCUT2D eigenvalue weighted by atomic mass is 9.96. The highest BCUT2D eigenvalue weighted by molar-refractivity contribution is 5.96. The van der Waals surface area contributed by atoms with Gasteiger partial charge in [-0.1, -0.05) is 0 Å². The second-order valence-electron chi connectivity index (χ2n) is 5.16. The number of hydrogen-bond acceptors (Lipinski definition) is 2. The molecular formula is C15H19FN2O2. The van der Waals surface area contributed by atoms with Gasteiger partial charge >= 0.3 is 0 Å². The predicted molar refractivity (Wildman–Crippen MR) is 73.8 cm³/mol. The minimum atomic E-state index is -0.346. The van der Waals surface area contributed by atoms with Crippen molar-refractivity contribution in [2.45, 2.75) is 19.8 Å². The molecule has 0 bridgehead atoms. The molecule has 1 aliphatic rings. The van der Waals surface area contributed by atoms with Gasteiger partial charge in [-0.05, 0) is 43.5 Å². The van der Waals surface area contributed by atoms with Crippen LogP contribution in [0.15, 0.2) is 18.2 Å². The minimum absolute atomic E-state index is 0.0293. The number of halogens is 1. The van der Waals surface area contributed by atoms with Crippen molar-refractivity contribution < 1.29 is 14.0 Å². The maximum Gasteiger partial charge on any atom is 0.254 e. The number of piperidine rings is 1. The fraction of sp³-hybridized carbons (Fsp3) is 0.467. The molecule has 4 nitrogen and oxygen atoms in total. The van der Waals surface area contributed by atoms with E-state index in [9.17, 15) is 14.0 Å². The number of carbonyl (C=O) groups is 2. The first-order chi connectivity index (χ1) is 9.52. The molecular weight excluding hydrogens is 259 g/mol. The minimum Gasteiger partial charge on any atom is -0.359 e. The van der Waals surface area contributed by atoms with Crippen LogP contribution in [0.1, 0.15) is 28.8 Å². The van der Waals surface area contributed by atoms with E-state index in [1.807, 2.05) is 0 Å². The van der Waals surface area contributed by atoms with E-state index in [2.05, 4.69) is 5.32 Å². The van der Waals surface area contributed by atoms with E-state index in [0.29, 0.717) is 24.2 Å². The number of rotatable bonds is 2. The first kappa shape index (κ1) is 14.5. The van der Waals surface area contributed by atoms with E-state index in [-0.39, 0.29) is 23.5 Å². The lowest BCUT2D eigenvalue weighted by Crippen LogP contribution is -2.45. The fourth-order valence-corrected chi connectivity index (χ4v) is 2.62. The molecule has 1 aromatic carbocycles. The van der Waals surface area contributed by atoms with Gasteiger partial charge in [0.1, 0.15) is 5.82 Å². The van der Waals surface area contributed by atoms with Crippen molar-refractivity contribution in [3.05, 3.63) is 35.1 Å². The third-order valence-corrected chi connectivity index (χ3v) is 3.74. The molecule has 20 heavy (non-hydrogen) atoms. The largest absolute Gasteiger partial charge is 0.359 e. The highest BCUT2D eigenvalue weighted by Crippen LogP contribution is 2.20. The first-order valence-corrected chi connectivity index (χ1v) is 6.80. The normalized spacial score (nSPS) is 18.8. The van der Waals surface area contributed by atoms with Gasteiger partial charge in [0.05, 0.1) is 5.92 Å². The van der Waals surface area contributed by atoms with Gasteiger partial charge in [0.25, 0.3) is 5.91 Å². The van der Waals surface area contributed by atoms with Gasteiger partial charge in [-0.15, -0.1) is 0 Å². The summed E-state index contributed by atoms with van der Waals surface area (Å²) in [5.74, 6) is -0.659. The Morgan fingerprint density at radius 1 is 1.40 bits per heavy atom. The van der Waals surface area contributed by atoms with Crippen molar-refractivity contribution in [3.8, 4) is 0 Å². The second-order valence-corrected chi connectivity index (χ2v) is 5.16.